The van der Waals surface area contributed by atoms with E-state index in [4.69, 9.17) is 4.74 Å². The van der Waals surface area contributed by atoms with Crippen LogP contribution in [0.25, 0.3) is 5.69 Å². The second-order valence-electron chi connectivity index (χ2n) is 6.62. The molecular weight excluding hydrogens is 360 g/mol. The summed E-state index contributed by atoms with van der Waals surface area (Å²) in [5.41, 5.74) is 0.979. The topological polar surface area (TPSA) is 101 Å². The largest absolute Gasteiger partial charge is 0.383 e. The van der Waals surface area contributed by atoms with Gasteiger partial charge >= 0.3 is 6.03 Å². The molecule has 1 fully saturated rings. The molecule has 0 spiro atoms. The number of nitrogens with one attached hydrogen (secondary N) is 3. The minimum absolute atomic E-state index is 0.0726. The van der Waals surface area contributed by atoms with Gasteiger partial charge in [-0.25, -0.2) is 9.48 Å². The van der Waals surface area contributed by atoms with Crippen molar-refractivity contribution < 1.29 is 14.3 Å². The van der Waals surface area contributed by atoms with Crippen molar-refractivity contribution in [2.45, 2.75) is 12.5 Å². The van der Waals surface area contributed by atoms with E-state index < -0.39 is 0 Å². The lowest BCUT2D eigenvalue weighted by molar-refractivity contribution is 0.0957. The lowest BCUT2D eigenvalue weighted by Crippen LogP contribution is -2.40. The summed E-state index contributed by atoms with van der Waals surface area (Å²) in [5, 5.41) is 12.7. The maximum atomic E-state index is 12.5. The zero-order valence-corrected chi connectivity index (χ0v) is 16.1. The van der Waals surface area contributed by atoms with Crippen LogP contribution in [0, 0.1) is 0 Å². The number of hydrogen-bond donors (Lipinski definition) is 3. The fraction of sp³-hybridized carbons (Fsp3) is 0.421. The molecule has 1 saturated heterocycles. The number of nitrogens with zero attached hydrogens (tertiary/aromatic N) is 3. The number of rotatable bonds is 7. The van der Waals surface area contributed by atoms with E-state index in [1.54, 1.807) is 24.9 Å². The Bertz CT molecular complexity index is 807. The number of benzene rings is 1. The number of carbonyl (C=O) groups is 2. The van der Waals surface area contributed by atoms with Crippen molar-refractivity contribution in [1.82, 2.24) is 25.3 Å². The average Bonchev–Trinajstić information content (AvgIpc) is 3.33. The Labute approximate surface area is 164 Å². The highest BCUT2D eigenvalue weighted by Gasteiger charge is 2.24. The SMILES string of the molecule is CNC(=O)c1cc(NC(=O)NC2CCN(CCOC)C2)n(-c2ccccc2)n1. The van der Waals surface area contributed by atoms with Crippen molar-refractivity contribution in [2.75, 3.05) is 45.7 Å². The van der Waals surface area contributed by atoms with Gasteiger partial charge < -0.3 is 15.4 Å². The van der Waals surface area contributed by atoms with Gasteiger partial charge in [0.1, 0.15) is 5.82 Å². The van der Waals surface area contributed by atoms with Crippen LogP contribution in [0.15, 0.2) is 36.4 Å². The van der Waals surface area contributed by atoms with Gasteiger partial charge in [-0.15, -0.1) is 0 Å². The van der Waals surface area contributed by atoms with E-state index in [2.05, 4.69) is 25.9 Å². The summed E-state index contributed by atoms with van der Waals surface area (Å²) in [6.45, 7) is 3.25. The molecular formula is C19H26N6O3. The van der Waals surface area contributed by atoms with Gasteiger partial charge in [0.15, 0.2) is 5.69 Å². The molecule has 9 nitrogen and oxygen atoms in total. The van der Waals surface area contributed by atoms with Crippen LogP contribution in [-0.2, 0) is 4.74 Å². The second kappa shape index (κ2) is 9.34. The summed E-state index contributed by atoms with van der Waals surface area (Å²) < 4.78 is 6.65. The summed E-state index contributed by atoms with van der Waals surface area (Å²) in [6, 6.07) is 10.7. The van der Waals surface area contributed by atoms with Crippen LogP contribution in [0.2, 0.25) is 0 Å². The van der Waals surface area contributed by atoms with Gasteiger partial charge in [-0.05, 0) is 18.6 Å². The smallest absolute Gasteiger partial charge is 0.320 e. The van der Waals surface area contributed by atoms with E-state index in [9.17, 15) is 9.59 Å². The molecule has 3 amide bonds. The van der Waals surface area contributed by atoms with Crippen molar-refractivity contribution in [3.63, 3.8) is 0 Å². The maximum Gasteiger partial charge on any atom is 0.320 e. The number of carbonyl (C=O) groups excluding carboxylic acids is 2. The molecule has 2 heterocycles. The van der Waals surface area contributed by atoms with Crippen LogP contribution in [0.3, 0.4) is 0 Å². The monoisotopic (exact) mass is 386 g/mol. The van der Waals surface area contributed by atoms with Crippen LogP contribution in [-0.4, -0.2) is 73.1 Å². The number of amides is 3. The Balaban J connectivity index is 1.68. The first-order chi connectivity index (χ1) is 13.6. The van der Waals surface area contributed by atoms with Gasteiger partial charge in [0, 0.05) is 45.9 Å². The Morgan fingerprint density at radius 1 is 1.29 bits per heavy atom. The van der Waals surface area contributed by atoms with E-state index in [1.165, 1.54) is 0 Å². The van der Waals surface area contributed by atoms with Gasteiger partial charge in [0.25, 0.3) is 5.91 Å². The molecule has 3 rings (SSSR count). The molecule has 1 unspecified atom stereocenters. The Morgan fingerprint density at radius 3 is 2.79 bits per heavy atom. The number of hydrogen-bond acceptors (Lipinski definition) is 5. The molecule has 1 aromatic heterocycles. The highest BCUT2D eigenvalue weighted by atomic mass is 16.5. The number of methoxy groups -OCH3 is 1. The quantitative estimate of drug-likeness (QED) is 0.661. The Kier molecular flexibility index (Phi) is 6.62. The normalized spacial score (nSPS) is 16.7. The van der Waals surface area contributed by atoms with Gasteiger partial charge in [-0.2, -0.15) is 5.10 Å². The minimum Gasteiger partial charge on any atom is -0.383 e. The second-order valence-corrected chi connectivity index (χ2v) is 6.62. The molecule has 1 aliphatic heterocycles. The number of anilines is 1. The maximum absolute atomic E-state index is 12.5. The first kappa shape index (κ1) is 19.8. The number of para-hydroxylation sites is 1. The molecule has 9 heteroatoms. The molecule has 2 aromatic rings. The van der Waals surface area contributed by atoms with Crippen molar-refractivity contribution in [2.24, 2.45) is 0 Å². The number of ether oxygens (including phenoxy) is 1. The van der Waals surface area contributed by atoms with Crippen LogP contribution in [0.4, 0.5) is 10.6 Å². The third-order valence-corrected chi connectivity index (χ3v) is 4.63. The van der Waals surface area contributed by atoms with Crippen LogP contribution < -0.4 is 16.0 Å². The number of likely N-dealkylation sites (tertiary alicyclic amines) is 1. The third kappa shape index (κ3) is 4.87. The molecule has 150 valence electrons. The fourth-order valence-electron chi connectivity index (χ4n) is 3.19. The summed E-state index contributed by atoms with van der Waals surface area (Å²) in [6.07, 6.45) is 0.887. The zero-order valence-electron chi connectivity index (χ0n) is 16.1. The summed E-state index contributed by atoms with van der Waals surface area (Å²) in [5.74, 6) is 0.110. The van der Waals surface area contributed by atoms with Crippen molar-refractivity contribution in [1.29, 1.82) is 0 Å². The molecule has 28 heavy (non-hydrogen) atoms. The molecule has 1 aromatic carbocycles. The lowest BCUT2D eigenvalue weighted by atomic mass is 10.3. The first-order valence-electron chi connectivity index (χ1n) is 9.27. The molecule has 0 bridgehead atoms. The molecule has 0 saturated carbocycles. The van der Waals surface area contributed by atoms with Crippen LogP contribution in [0.5, 0.6) is 0 Å². The van der Waals surface area contributed by atoms with Crippen molar-refractivity contribution >= 4 is 17.8 Å². The van der Waals surface area contributed by atoms with Crippen molar-refractivity contribution in [3.8, 4) is 5.69 Å². The highest BCUT2D eigenvalue weighted by molar-refractivity contribution is 5.95. The van der Waals surface area contributed by atoms with E-state index in [-0.39, 0.29) is 23.7 Å². The molecule has 1 aliphatic rings. The predicted molar refractivity (Wildman–Crippen MR) is 106 cm³/mol. The summed E-state index contributed by atoms with van der Waals surface area (Å²) in [7, 11) is 3.22. The number of urea groups is 1. The van der Waals surface area contributed by atoms with E-state index in [0.29, 0.717) is 12.4 Å². The third-order valence-electron chi connectivity index (χ3n) is 4.63. The fourth-order valence-corrected chi connectivity index (χ4v) is 3.19. The van der Waals surface area contributed by atoms with Crippen molar-refractivity contribution in [3.05, 3.63) is 42.1 Å². The molecule has 3 N–H and O–H groups in total. The highest BCUT2D eigenvalue weighted by Crippen LogP contribution is 2.18. The molecule has 0 radical (unpaired) electrons. The number of aromatic nitrogens is 2. The van der Waals surface area contributed by atoms with E-state index in [0.717, 1.165) is 31.7 Å². The molecule has 1 atom stereocenters. The zero-order chi connectivity index (χ0) is 19.9. The Morgan fingerprint density at radius 2 is 2.07 bits per heavy atom. The van der Waals surface area contributed by atoms with Crippen LogP contribution >= 0.6 is 0 Å². The minimum atomic E-state index is -0.320. The molecule has 0 aliphatic carbocycles. The van der Waals surface area contributed by atoms with E-state index in [1.807, 2.05) is 30.3 Å². The standard InChI is InChI=1S/C19H26N6O3/c1-20-18(26)16-12-17(25(23-16)15-6-4-3-5-7-15)22-19(27)21-14-8-9-24(13-14)10-11-28-2/h3-7,12,14H,8-11,13H2,1-2H3,(H,20,26)(H2,21,22,27). The Hall–Kier alpha value is -2.91. The average molecular weight is 386 g/mol. The van der Waals surface area contributed by atoms with Gasteiger partial charge in [0.05, 0.1) is 12.3 Å². The van der Waals surface area contributed by atoms with Gasteiger partial charge in [0.2, 0.25) is 0 Å². The predicted octanol–water partition coefficient (Wildman–Crippen LogP) is 1.07. The van der Waals surface area contributed by atoms with Gasteiger partial charge in [-0.1, -0.05) is 18.2 Å². The van der Waals surface area contributed by atoms with Gasteiger partial charge in [-0.3, -0.25) is 15.0 Å². The lowest BCUT2D eigenvalue weighted by Gasteiger charge is -2.16. The first-order valence-corrected chi connectivity index (χ1v) is 9.27. The summed E-state index contributed by atoms with van der Waals surface area (Å²) in [4.78, 5) is 26.7. The van der Waals surface area contributed by atoms with Crippen LogP contribution in [0.1, 0.15) is 16.9 Å². The summed E-state index contributed by atoms with van der Waals surface area (Å²) >= 11 is 0. The van der Waals surface area contributed by atoms with E-state index >= 15 is 0 Å².